The summed E-state index contributed by atoms with van der Waals surface area (Å²) in [6.45, 7) is 6.00. The summed E-state index contributed by atoms with van der Waals surface area (Å²) < 4.78 is 5.42. The van der Waals surface area contributed by atoms with Gasteiger partial charge in [0.2, 0.25) is 5.91 Å². The van der Waals surface area contributed by atoms with E-state index in [2.05, 4.69) is 15.5 Å². The predicted molar refractivity (Wildman–Crippen MR) is 86.0 cm³/mol. The van der Waals surface area contributed by atoms with Gasteiger partial charge in [0, 0.05) is 23.5 Å². The fraction of sp³-hybridized carbons (Fsp3) is 0.600. The first-order valence-corrected chi connectivity index (χ1v) is 8.37. The maximum atomic E-state index is 12.0. The van der Waals surface area contributed by atoms with Crippen molar-refractivity contribution in [1.29, 1.82) is 0 Å². The summed E-state index contributed by atoms with van der Waals surface area (Å²) in [5.74, 6) is -0.283. The van der Waals surface area contributed by atoms with Crippen molar-refractivity contribution >= 4 is 23.3 Å². The summed E-state index contributed by atoms with van der Waals surface area (Å²) >= 11 is 1.66. The predicted octanol–water partition coefficient (Wildman–Crippen LogP) is 1.23. The lowest BCUT2D eigenvalue weighted by atomic mass is 10.2. The number of nitrogens with zero attached hydrogens (tertiary/aromatic N) is 1. The van der Waals surface area contributed by atoms with Crippen LogP contribution in [0.25, 0.3) is 0 Å². The number of carbonyl (C=O) groups is 2. The summed E-state index contributed by atoms with van der Waals surface area (Å²) in [5.41, 5.74) is 0. The van der Waals surface area contributed by atoms with Crippen LogP contribution in [0.1, 0.15) is 18.7 Å². The third-order valence-electron chi connectivity index (χ3n) is 3.67. The molecule has 3 amide bonds. The summed E-state index contributed by atoms with van der Waals surface area (Å²) in [5, 5.41) is 7.09. The molecule has 0 radical (unpaired) electrons. The van der Waals surface area contributed by atoms with Gasteiger partial charge in [0.15, 0.2) is 0 Å². The molecule has 22 heavy (non-hydrogen) atoms. The number of urea groups is 1. The van der Waals surface area contributed by atoms with Crippen LogP contribution in [-0.4, -0.2) is 55.2 Å². The van der Waals surface area contributed by atoms with E-state index < -0.39 is 6.03 Å². The zero-order valence-electron chi connectivity index (χ0n) is 13.0. The lowest BCUT2D eigenvalue weighted by molar-refractivity contribution is -0.125. The SMILES string of the molecule is C[C@H]1COC[C@H](C)N1CC(=O)NC(=O)NCCc1cccs1. The van der Waals surface area contributed by atoms with E-state index in [4.69, 9.17) is 4.74 Å². The van der Waals surface area contributed by atoms with Crippen LogP contribution >= 0.6 is 11.3 Å². The Labute approximate surface area is 134 Å². The third-order valence-corrected chi connectivity index (χ3v) is 4.60. The van der Waals surface area contributed by atoms with Gasteiger partial charge in [-0.15, -0.1) is 11.3 Å². The summed E-state index contributed by atoms with van der Waals surface area (Å²) in [6.07, 6.45) is 0.775. The van der Waals surface area contributed by atoms with Gasteiger partial charge >= 0.3 is 6.03 Å². The number of rotatable bonds is 5. The van der Waals surface area contributed by atoms with Crippen molar-refractivity contribution in [2.45, 2.75) is 32.4 Å². The maximum absolute atomic E-state index is 12.0. The first kappa shape index (κ1) is 16.9. The molecular weight excluding hydrogens is 302 g/mol. The number of thiophene rings is 1. The molecule has 0 unspecified atom stereocenters. The third kappa shape index (κ3) is 5.08. The van der Waals surface area contributed by atoms with Gasteiger partial charge in [-0.25, -0.2) is 4.79 Å². The van der Waals surface area contributed by atoms with Crippen molar-refractivity contribution in [2.75, 3.05) is 26.3 Å². The van der Waals surface area contributed by atoms with Crippen molar-refractivity contribution < 1.29 is 14.3 Å². The molecule has 0 saturated carbocycles. The van der Waals surface area contributed by atoms with Gasteiger partial charge in [-0.1, -0.05) is 6.07 Å². The highest BCUT2D eigenvalue weighted by Crippen LogP contribution is 2.12. The van der Waals surface area contributed by atoms with Crippen LogP contribution in [0.15, 0.2) is 17.5 Å². The maximum Gasteiger partial charge on any atom is 0.321 e. The molecule has 0 aliphatic carbocycles. The van der Waals surface area contributed by atoms with Crippen LogP contribution in [-0.2, 0) is 16.0 Å². The van der Waals surface area contributed by atoms with Crippen molar-refractivity contribution in [3.8, 4) is 0 Å². The van der Waals surface area contributed by atoms with E-state index >= 15 is 0 Å². The van der Waals surface area contributed by atoms with Gasteiger partial charge in [-0.2, -0.15) is 0 Å². The standard InChI is InChI=1S/C15H23N3O3S/c1-11-9-21-10-12(2)18(11)8-14(19)17-15(20)16-6-5-13-4-3-7-22-13/h3-4,7,11-12H,5-6,8-10H2,1-2H3,(H2,16,17,19,20)/t11-,12-/m0/s1. The van der Waals surface area contributed by atoms with Crippen LogP contribution < -0.4 is 10.6 Å². The second kappa shape index (κ2) is 8.26. The van der Waals surface area contributed by atoms with Crippen LogP contribution in [0.2, 0.25) is 0 Å². The van der Waals surface area contributed by atoms with Crippen molar-refractivity contribution in [3.63, 3.8) is 0 Å². The highest BCUT2D eigenvalue weighted by Gasteiger charge is 2.27. The molecule has 0 bridgehead atoms. The molecule has 7 heteroatoms. The van der Waals surface area contributed by atoms with Gasteiger partial charge in [0.05, 0.1) is 19.8 Å². The Morgan fingerprint density at radius 3 is 2.73 bits per heavy atom. The molecule has 0 aromatic carbocycles. The minimum Gasteiger partial charge on any atom is -0.378 e. The largest absolute Gasteiger partial charge is 0.378 e. The monoisotopic (exact) mass is 325 g/mol. The van der Waals surface area contributed by atoms with Gasteiger partial charge in [0.1, 0.15) is 0 Å². The number of hydrogen-bond acceptors (Lipinski definition) is 5. The number of carbonyl (C=O) groups excluding carboxylic acids is 2. The Balaban J connectivity index is 1.68. The molecule has 122 valence electrons. The van der Waals surface area contributed by atoms with Crippen LogP contribution in [0, 0.1) is 0 Å². The zero-order chi connectivity index (χ0) is 15.9. The molecule has 1 aliphatic rings. The average Bonchev–Trinajstić information content (AvgIpc) is 2.96. The number of nitrogens with one attached hydrogen (secondary N) is 2. The minimum absolute atomic E-state index is 0.177. The van der Waals surface area contributed by atoms with E-state index in [0.29, 0.717) is 19.8 Å². The normalized spacial score (nSPS) is 22.3. The zero-order valence-corrected chi connectivity index (χ0v) is 13.8. The van der Waals surface area contributed by atoms with Crippen LogP contribution in [0.4, 0.5) is 4.79 Å². The van der Waals surface area contributed by atoms with E-state index in [9.17, 15) is 9.59 Å². The number of amides is 3. The molecule has 2 N–H and O–H groups in total. The number of hydrogen-bond donors (Lipinski definition) is 2. The molecule has 1 aliphatic heterocycles. The van der Waals surface area contributed by atoms with Crippen molar-refractivity contribution in [1.82, 2.24) is 15.5 Å². The molecule has 2 rings (SSSR count). The molecule has 6 nitrogen and oxygen atoms in total. The Kier molecular flexibility index (Phi) is 6.35. The lowest BCUT2D eigenvalue weighted by Crippen LogP contribution is -2.54. The highest BCUT2D eigenvalue weighted by atomic mass is 32.1. The Morgan fingerprint density at radius 1 is 1.36 bits per heavy atom. The lowest BCUT2D eigenvalue weighted by Gasteiger charge is -2.38. The Morgan fingerprint density at radius 2 is 2.09 bits per heavy atom. The fourth-order valence-electron chi connectivity index (χ4n) is 2.48. The Hall–Kier alpha value is -1.44. The second-order valence-corrected chi connectivity index (χ2v) is 6.57. The van der Waals surface area contributed by atoms with E-state index in [1.54, 1.807) is 11.3 Å². The first-order valence-electron chi connectivity index (χ1n) is 7.50. The number of imide groups is 1. The number of ether oxygens (including phenoxy) is 1. The van der Waals surface area contributed by atoms with Crippen LogP contribution in [0.3, 0.4) is 0 Å². The van der Waals surface area contributed by atoms with Gasteiger partial charge in [0.25, 0.3) is 0 Å². The van der Waals surface area contributed by atoms with Gasteiger partial charge in [-0.05, 0) is 31.7 Å². The quantitative estimate of drug-likeness (QED) is 0.854. The van der Waals surface area contributed by atoms with Gasteiger partial charge < -0.3 is 10.1 Å². The van der Waals surface area contributed by atoms with E-state index in [0.717, 1.165) is 6.42 Å². The van der Waals surface area contributed by atoms with E-state index in [1.807, 2.05) is 31.4 Å². The minimum atomic E-state index is -0.435. The molecule has 0 spiro atoms. The van der Waals surface area contributed by atoms with Crippen LogP contribution in [0.5, 0.6) is 0 Å². The second-order valence-electron chi connectivity index (χ2n) is 5.54. The van der Waals surface area contributed by atoms with Crippen molar-refractivity contribution in [3.05, 3.63) is 22.4 Å². The first-order chi connectivity index (χ1) is 10.6. The molecule has 2 atom stereocenters. The van der Waals surface area contributed by atoms with Gasteiger partial charge in [-0.3, -0.25) is 15.0 Å². The molecule has 1 fully saturated rings. The smallest absolute Gasteiger partial charge is 0.321 e. The molecule has 1 saturated heterocycles. The highest BCUT2D eigenvalue weighted by molar-refractivity contribution is 7.09. The summed E-state index contributed by atoms with van der Waals surface area (Å²) in [4.78, 5) is 26.9. The molecule has 1 aromatic heterocycles. The fourth-order valence-corrected chi connectivity index (χ4v) is 3.19. The Bertz CT molecular complexity index is 482. The topological polar surface area (TPSA) is 70.7 Å². The summed E-state index contributed by atoms with van der Waals surface area (Å²) in [6, 6.07) is 3.92. The average molecular weight is 325 g/mol. The number of morpholine rings is 1. The summed E-state index contributed by atoms with van der Waals surface area (Å²) in [7, 11) is 0. The molecule has 1 aromatic rings. The molecule has 2 heterocycles. The molecular formula is C15H23N3O3S. The van der Waals surface area contributed by atoms with E-state index in [1.165, 1.54) is 4.88 Å². The van der Waals surface area contributed by atoms with Crippen molar-refractivity contribution in [2.24, 2.45) is 0 Å². The van der Waals surface area contributed by atoms with E-state index in [-0.39, 0.29) is 24.5 Å².